The number of rotatable bonds is 10. The number of carboxylic acids is 1. The average Bonchev–Trinajstić information content (AvgIpc) is 3.40. The number of benzene rings is 4. The van der Waals surface area contributed by atoms with Gasteiger partial charge in [-0.05, 0) is 41.2 Å². The van der Waals surface area contributed by atoms with E-state index in [1.54, 1.807) is 0 Å². The van der Waals surface area contributed by atoms with Gasteiger partial charge in [-0.3, -0.25) is 9.59 Å². The molecule has 0 saturated carbocycles. The molecular formula is C38H32O4. The maximum Gasteiger partial charge on any atom is 0.307 e. The van der Waals surface area contributed by atoms with E-state index in [1.165, 1.54) is 0 Å². The van der Waals surface area contributed by atoms with Gasteiger partial charge < -0.3 is 9.52 Å². The average molecular weight is 553 g/mol. The van der Waals surface area contributed by atoms with Crippen LogP contribution in [-0.4, -0.2) is 16.9 Å². The Morgan fingerprint density at radius 3 is 2.05 bits per heavy atom. The van der Waals surface area contributed by atoms with Crippen molar-refractivity contribution in [2.24, 2.45) is 5.92 Å². The number of fused-ring (bicyclic) bond motifs is 1. The first-order valence-electron chi connectivity index (χ1n) is 14.3. The van der Waals surface area contributed by atoms with Crippen LogP contribution in [0.2, 0.25) is 0 Å². The molecule has 6 rings (SSSR count). The molecule has 42 heavy (non-hydrogen) atoms. The fourth-order valence-corrected chi connectivity index (χ4v) is 6.06. The molecule has 4 heteroatoms. The fourth-order valence-electron chi connectivity index (χ4n) is 6.06. The van der Waals surface area contributed by atoms with Gasteiger partial charge in [-0.15, -0.1) is 0 Å². The quantitative estimate of drug-likeness (QED) is 0.190. The third-order valence-corrected chi connectivity index (χ3v) is 8.22. The number of carbonyl (C=O) groups is 2. The van der Waals surface area contributed by atoms with Gasteiger partial charge in [0.1, 0.15) is 17.1 Å². The molecule has 0 bridgehead atoms. The summed E-state index contributed by atoms with van der Waals surface area (Å²) >= 11 is 0. The van der Waals surface area contributed by atoms with Crippen molar-refractivity contribution in [3.63, 3.8) is 0 Å². The van der Waals surface area contributed by atoms with Crippen molar-refractivity contribution in [1.29, 1.82) is 0 Å². The molecule has 1 aliphatic carbocycles. The van der Waals surface area contributed by atoms with Crippen LogP contribution in [0.15, 0.2) is 138 Å². The topological polar surface area (TPSA) is 67.5 Å². The van der Waals surface area contributed by atoms with E-state index in [2.05, 4.69) is 30.3 Å². The Labute approximate surface area is 245 Å². The maximum absolute atomic E-state index is 14.6. The summed E-state index contributed by atoms with van der Waals surface area (Å²) in [7, 11) is 0. The molecule has 2 unspecified atom stereocenters. The van der Waals surface area contributed by atoms with Gasteiger partial charge in [0.25, 0.3) is 0 Å². The molecule has 1 N–H and O–H groups in total. The third-order valence-electron chi connectivity index (χ3n) is 8.22. The van der Waals surface area contributed by atoms with Gasteiger partial charge in [0.15, 0.2) is 0 Å². The standard InChI is InChI=1S/C38H32O4/c39-35(26-31(37(40)41)24-27-12-4-1-5-13-27)38(22-20-30(21-23-38)29-16-8-3-9-17-29)36-32-18-10-11-19-33(32)42-34(36)25-28-14-6-2-7-15-28/h1-22,31H,23-26H2,(H,40,41). The van der Waals surface area contributed by atoms with E-state index in [0.29, 0.717) is 12.8 Å². The Kier molecular flexibility index (Phi) is 7.70. The minimum Gasteiger partial charge on any atom is -0.481 e. The highest BCUT2D eigenvalue weighted by molar-refractivity contribution is 6.01. The molecule has 0 amide bonds. The van der Waals surface area contributed by atoms with Crippen molar-refractivity contribution in [2.75, 3.05) is 0 Å². The lowest BCUT2D eigenvalue weighted by atomic mass is 9.67. The molecule has 1 heterocycles. The van der Waals surface area contributed by atoms with Crippen molar-refractivity contribution in [1.82, 2.24) is 0 Å². The van der Waals surface area contributed by atoms with Crippen LogP contribution in [0.4, 0.5) is 0 Å². The van der Waals surface area contributed by atoms with Crippen LogP contribution in [0.1, 0.15) is 40.9 Å². The van der Waals surface area contributed by atoms with Crippen molar-refractivity contribution in [2.45, 2.75) is 31.1 Å². The number of Topliss-reactive ketones (excluding diaryl/α,β-unsaturated/α-hetero) is 1. The van der Waals surface area contributed by atoms with Crippen LogP contribution in [-0.2, 0) is 27.8 Å². The van der Waals surface area contributed by atoms with E-state index in [0.717, 1.165) is 44.6 Å². The van der Waals surface area contributed by atoms with E-state index >= 15 is 0 Å². The molecule has 2 atom stereocenters. The smallest absolute Gasteiger partial charge is 0.307 e. The van der Waals surface area contributed by atoms with Crippen LogP contribution in [0.5, 0.6) is 0 Å². The summed E-state index contributed by atoms with van der Waals surface area (Å²) in [5.41, 5.74) is 4.56. The van der Waals surface area contributed by atoms with Gasteiger partial charge in [0.2, 0.25) is 0 Å². The molecule has 1 aromatic heterocycles. The molecule has 1 aliphatic rings. The highest BCUT2D eigenvalue weighted by Gasteiger charge is 2.44. The van der Waals surface area contributed by atoms with Crippen molar-refractivity contribution in [3.05, 3.63) is 162 Å². The van der Waals surface area contributed by atoms with Crippen LogP contribution < -0.4 is 0 Å². The van der Waals surface area contributed by atoms with Crippen LogP contribution in [0.25, 0.3) is 16.5 Å². The second kappa shape index (κ2) is 11.9. The van der Waals surface area contributed by atoms with E-state index in [1.807, 2.05) is 103 Å². The monoisotopic (exact) mass is 552 g/mol. The Morgan fingerprint density at radius 2 is 1.40 bits per heavy atom. The van der Waals surface area contributed by atoms with E-state index < -0.39 is 17.3 Å². The van der Waals surface area contributed by atoms with Crippen LogP contribution >= 0.6 is 0 Å². The van der Waals surface area contributed by atoms with Crippen molar-refractivity contribution < 1.29 is 19.1 Å². The van der Waals surface area contributed by atoms with E-state index in [-0.39, 0.29) is 18.6 Å². The number of carbonyl (C=O) groups excluding carboxylic acids is 1. The summed E-state index contributed by atoms with van der Waals surface area (Å²) in [6.07, 6.45) is 7.24. The van der Waals surface area contributed by atoms with E-state index in [9.17, 15) is 14.7 Å². The molecule has 0 fully saturated rings. The Bertz CT molecular complexity index is 1760. The first kappa shape index (κ1) is 27.2. The number of aliphatic carboxylic acids is 1. The summed E-state index contributed by atoms with van der Waals surface area (Å²) < 4.78 is 6.47. The number of furan rings is 1. The molecule has 208 valence electrons. The summed E-state index contributed by atoms with van der Waals surface area (Å²) in [5.74, 6) is -1.21. The lowest BCUT2D eigenvalue weighted by molar-refractivity contribution is -0.144. The Hall–Kier alpha value is -4.96. The highest BCUT2D eigenvalue weighted by atomic mass is 16.4. The normalized spacial score (nSPS) is 17.1. The van der Waals surface area contributed by atoms with E-state index in [4.69, 9.17) is 4.42 Å². The minimum atomic E-state index is -1.07. The molecule has 0 radical (unpaired) electrons. The summed E-state index contributed by atoms with van der Waals surface area (Å²) in [4.78, 5) is 27.1. The largest absolute Gasteiger partial charge is 0.481 e. The number of carboxylic acid groups (broad SMARTS) is 1. The highest BCUT2D eigenvalue weighted by Crippen LogP contribution is 2.45. The summed E-state index contributed by atoms with van der Waals surface area (Å²) in [6.45, 7) is 0. The first-order chi connectivity index (χ1) is 20.5. The van der Waals surface area contributed by atoms with Gasteiger partial charge in [0, 0.05) is 23.8 Å². The van der Waals surface area contributed by atoms with Crippen LogP contribution in [0.3, 0.4) is 0 Å². The minimum absolute atomic E-state index is 0.0899. The molecular weight excluding hydrogens is 520 g/mol. The molecule has 4 aromatic carbocycles. The zero-order chi connectivity index (χ0) is 28.9. The lowest BCUT2D eigenvalue weighted by Gasteiger charge is -2.33. The van der Waals surface area contributed by atoms with Gasteiger partial charge in [-0.2, -0.15) is 0 Å². The fraction of sp³-hybridized carbons (Fsp3) is 0.158. The van der Waals surface area contributed by atoms with Crippen molar-refractivity contribution in [3.8, 4) is 0 Å². The number of ketones is 1. The molecule has 4 nitrogen and oxygen atoms in total. The van der Waals surface area contributed by atoms with Gasteiger partial charge in [-0.1, -0.05) is 127 Å². The molecule has 5 aromatic rings. The summed E-state index contributed by atoms with van der Waals surface area (Å²) in [6, 6.07) is 37.5. The maximum atomic E-state index is 14.6. The predicted octanol–water partition coefficient (Wildman–Crippen LogP) is 8.21. The van der Waals surface area contributed by atoms with Gasteiger partial charge in [0.05, 0.1) is 11.3 Å². The third kappa shape index (κ3) is 5.48. The van der Waals surface area contributed by atoms with Gasteiger partial charge in [-0.25, -0.2) is 0 Å². The molecule has 0 saturated heterocycles. The summed E-state index contributed by atoms with van der Waals surface area (Å²) in [5, 5.41) is 11.1. The number of para-hydroxylation sites is 1. The number of hydrogen-bond acceptors (Lipinski definition) is 3. The number of hydrogen-bond donors (Lipinski definition) is 1. The van der Waals surface area contributed by atoms with Gasteiger partial charge >= 0.3 is 5.97 Å². The lowest BCUT2D eigenvalue weighted by Crippen LogP contribution is -2.38. The first-order valence-corrected chi connectivity index (χ1v) is 14.3. The Balaban J connectivity index is 1.46. The molecule has 0 spiro atoms. The zero-order valence-electron chi connectivity index (χ0n) is 23.3. The second-order valence-corrected chi connectivity index (χ2v) is 10.9. The Morgan fingerprint density at radius 1 is 0.786 bits per heavy atom. The number of allylic oxidation sites excluding steroid dienone is 4. The predicted molar refractivity (Wildman–Crippen MR) is 166 cm³/mol. The molecule has 0 aliphatic heterocycles. The van der Waals surface area contributed by atoms with Crippen molar-refractivity contribution >= 4 is 28.3 Å². The SMILES string of the molecule is O=C(O)C(CC(=O)C1(c2c(Cc3ccccc3)oc3ccccc23)C=CC(c2ccccc2)=CC1)Cc1ccccc1. The second-order valence-electron chi connectivity index (χ2n) is 10.9. The zero-order valence-corrected chi connectivity index (χ0v) is 23.3. The van der Waals surface area contributed by atoms with Crippen LogP contribution in [0, 0.1) is 5.92 Å².